The van der Waals surface area contributed by atoms with Crippen molar-refractivity contribution >= 4 is 18.2 Å². The Labute approximate surface area is 213 Å². The lowest BCUT2D eigenvalue weighted by Gasteiger charge is -2.31. The second-order valence-corrected chi connectivity index (χ2v) is 11.6. The summed E-state index contributed by atoms with van der Waals surface area (Å²) in [5, 5.41) is 14.3. The van der Waals surface area contributed by atoms with E-state index in [1.165, 1.54) is 11.1 Å². The number of likely N-dealkylation sites (N-methyl/N-ethyl adjacent to an activating group) is 1. The number of β-amino-alcohol motifs (C(OH)–C–C–N with tert-alkyl or cyclic N) is 1. The van der Waals surface area contributed by atoms with Crippen LogP contribution in [-0.2, 0) is 12.8 Å². The van der Waals surface area contributed by atoms with Crippen molar-refractivity contribution in [2.45, 2.75) is 49.6 Å². The van der Waals surface area contributed by atoms with Crippen molar-refractivity contribution in [2.75, 3.05) is 20.1 Å². The van der Waals surface area contributed by atoms with Gasteiger partial charge in [0.25, 0.3) is 0 Å². The number of carbonyl (C=O) groups excluding carboxylic acids is 1. The molecule has 184 valence electrons. The number of hydrogen-bond donors (Lipinski definition) is 2. The molecule has 0 saturated carbocycles. The first-order valence-corrected chi connectivity index (χ1v) is 13.1. The molecule has 1 aliphatic rings. The van der Waals surface area contributed by atoms with Gasteiger partial charge in [0.1, 0.15) is 6.29 Å². The zero-order valence-corrected chi connectivity index (χ0v) is 21.7. The van der Waals surface area contributed by atoms with Crippen molar-refractivity contribution in [1.29, 1.82) is 0 Å². The van der Waals surface area contributed by atoms with Crippen LogP contribution in [0.1, 0.15) is 41.8 Å². The third-order valence-electron chi connectivity index (χ3n) is 6.69. The maximum Gasteiger partial charge on any atom is 0.150 e. The van der Waals surface area contributed by atoms with Gasteiger partial charge in [-0.3, -0.25) is 4.79 Å². The van der Waals surface area contributed by atoms with Crippen molar-refractivity contribution < 1.29 is 9.90 Å². The molecule has 4 nitrogen and oxygen atoms in total. The molecular formula is C30H36N2O2S. The molecule has 1 atom stereocenters. The van der Waals surface area contributed by atoms with Gasteiger partial charge in [0.2, 0.25) is 0 Å². The Kier molecular flexibility index (Phi) is 8.45. The molecule has 0 saturated heterocycles. The summed E-state index contributed by atoms with van der Waals surface area (Å²) < 4.78 is 2.08. The highest BCUT2D eigenvalue weighted by Gasteiger charge is 2.28. The molecule has 35 heavy (non-hydrogen) atoms. The van der Waals surface area contributed by atoms with Gasteiger partial charge >= 0.3 is 0 Å². The molecule has 0 bridgehead atoms. The van der Waals surface area contributed by atoms with E-state index in [1.54, 1.807) is 11.9 Å². The number of aldehydes is 1. The summed E-state index contributed by atoms with van der Waals surface area (Å²) in [6, 6.07) is 24.7. The Balaban J connectivity index is 1.22. The number of fused-ring (bicyclic) bond motifs is 1. The Morgan fingerprint density at radius 1 is 1.03 bits per heavy atom. The number of aliphatic hydroxyl groups is 1. The van der Waals surface area contributed by atoms with Gasteiger partial charge in [-0.25, -0.2) is 4.31 Å². The van der Waals surface area contributed by atoms with E-state index >= 15 is 0 Å². The Morgan fingerprint density at radius 3 is 2.37 bits per heavy atom. The minimum absolute atomic E-state index is 0.0175. The molecule has 0 heterocycles. The van der Waals surface area contributed by atoms with Gasteiger partial charge in [-0.05, 0) is 98.5 Å². The highest BCUT2D eigenvalue weighted by atomic mass is 32.2. The van der Waals surface area contributed by atoms with Crippen molar-refractivity contribution in [1.82, 2.24) is 9.62 Å². The highest BCUT2D eigenvalue weighted by Crippen LogP contribution is 2.32. The van der Waals surface area contributed by atoms with Crippen molar-refractivity contribution in [2.24, 2.45) is 5.92 Å². The summed E-state index contributed by atoms with van der Waals surface area (Å²) >= 11 is 1.63. The van der Waals surface area contributed by atoms with Gasteiger partial charge in [-0.1, -0.05) is 54.6 Å². The molecule has 0 radical (unpaired) electrons. The monoisotopic (exact) mass is 488 g/mol. The molecule has 5 heteroatoms. The molecule has 0 spiro atoms. The molecule has 3 aromatic carbocycles. The van der Waals surface area contributed by atoms with Crippen LogP contribution in [0.15, 0.2) is 77.7 Å². The molecule has 0 aliphatic heterocycles. The van der Waals surface area contributed by atoms with E-state index in [0.717, 1.165) is 41.6 Å². The van der Waals surface area contributed by atoms with E-state index in [1.807, 2.05) is 31.3 Å². The van der Waals surface area contributed by atoms with Gasteiger partial charge in [-0.15, -0.1) is 0 Å². The smallest absolute Gasteiger partial charge is 0.150 e. The fourth-order valence-corrected chi connectivity index (χ4v) is 5.92. The molecule has 3 aromatic rings. The normalized spacial score (nSPS) is 14.8. The maximum atomic E-state index is 11.0. The lowest BCUT2D eigenvalue weighted by molar-refractivity contribution is 0.112. The topological polar surface area (TPSA) is 52.6 Å². The van der Waals surface area contributed by atoms with E-state index in [2.05, 4.69) is 72.0 Å². The molecule has 0 amide bonds. The molecular weight excluding hydrogens is 452 g/mol. The first-order chi connectivity index (χ1) is 16.8. The minimum Gasteiger partial charge on any atom is -0.390 e. The van der Waals surface area contributed by atoms with Gasteiger partial charge in [-0.2, -0.15) is 0 Å². The number of aliphatic hydroxyl groups excluding tert-OH is 1. The first-order valence-electron chi connectivity index (χ1n) is 12.4. The molecule has 1 unspecified atom stereocenters. The minimum atomic E-state index is -0.446. The molecule has 0 aromatic heterocycles. The van der Waals surface area contributed by atoms with Gasteiger partial charge in [0, 0.05) is 29.1 Å². The quantitative estimate of drug-likeness (QED) is 0.270. The lowest BCUT2D eigenvalue weighted by Crippen LogP contribution is -2.46. The average molecular weight is 489 g/mol. The van der Waals surface area contributed by atoms with E-state index < -0.39 is 6.10 Å². The molecule has 2 N–H and O–H groups in total. The third-order valence-corrected chi connectivity index (χ3v) is 7.63. The van der Waals surface area contributed by atoms with Crippen LogP contribution in [0.4, 0.5) is 0 Å². The maximum absolute atomic E-state index is 11.0. The fourth-order valence-electron chi connectivity index (χ4n) is 5.06. The largest absolute Gasteiger partial charge is 0.390 e. The Hall–Kier alpha value is -2.44. The van der Waals surface area contributed by atoms with Crippen molar-refractivity contribution in [3.8, 4) is 11.1 Å². The average Bonchev–Trinajstić information content (AvgIpc) is 3.25. The van der Waals surface area contributed by atoms with Crippen LogP contribution >= 0.6 is 11.9 Å². The van der Waals surface area contributed by atoms with Crippen molar-refractivity contribution in [3.63, 3.8) is 0 Å². The Morgan fingerprint density at radius 2 is 1.71 bits per heavy atom. The van der Waals surface area contributed by atoms with Gasteiger partial charge in [0.05, 0.1) is 6.10 Å². The summed E-state index contributed by atoms with van der Waals surface area (Å²) in [7, 11) is 2.01. The molecule has 1 aliphatic carbocycles. The number of rotatable bonds is 11. The second-order valence-electron chi connectivity index (χ2n) is 10.3. The molecule has 4 rings (SSSR count). The standard InChI is InChI=1S/C30H36N2O2S/c1-30(2,18-23-16-26-8-4-5-9-27(26)17-23)31-19-28(34)20-32(3)35-29-13-11-24(12-14-29)25-10-6-7-22(15-25)21-33/h4-15,21,23,28,31,34H,16-20H2,1-3H3. The van der Waals surface area contributed by atoms with Gasteiger partial charge in [0.15, 0.2) is 0 Å². The highest BCUT2D eigenvalue weighted by molar-refractivity contribution is 7.97. The van der Waals surface area contributed by atoms with E-state index in [9.17, 15) is 9.90 Å². The van der Waals surface area contributed by atoms with Crippen LogP contribution in [0.2, 0.25) is 0 Å². The van der Waals surface area contributed by atoms with E-state index in [-0.39, 0.29) is 5.54 Å². The number of hydrogen-bond acceptors (Lipinski definition) is 5. The predicted octanol–water partition coefficient (Wildman–Crippen LogP) is 5.64. The van der Waals surface area contributed by atoms with Crippen LogP contribution in [0, 0.1) is 5.92 Å². The summed E-state index contributed by atoms with van der Waals surface area (Å²) in [4.78, 5) is 12.2. The van der Waals surface area contributed by atoms with E-state index in [0.29, 0.717) is 24.6 Å². The number of benzene rings is 3. The van der Waals surface area contributed by atoms with Crippen LogP contribution < -0.4 is 5.32 Å². The summed E-state index contributed by atoms with van der Waals surface area (Å²) in [6.07, 6.45) is 3.84. The number of carbonyl (C=O) groups is 1. The van der Waals surface area contributed by atoms with E-state index in [4.69, 9.17) is 0 Å². The lowest BCUT2D eigenvalue weighted by atomic mass is 9.88. The van der Waals surface area contributed by atoms with Crippen LogP contribution in [0.5, 0.6) is 0 Å². The second kappa shape index (κ2) is 11.5. The number of nitrogens with zero attached hydrogens (tertiary/aromatic N) is 1. The predicted molar refractivity (Wildman–Crippen MR) is 146 cm³/mol. The number of nitrogens with one attached hydrogen (secondary N) is 1. The first kappa shape index (κ1) is 25.6. The SMILES string of the molecule is CN(CC(O)CNC(C)(C)CC1Cc2ccccc2C1)Sc1ccc(-c2cccc(C=O)c2)cc1. The summed E-state index contributed by atoms with van der Waals surface area (Å²) in [5.41, 5.74) is 5.77. The van der Waals surface area contributed by atoms with Crippen LogP contribution in [-0.4, -0.2) is 47.5 Å². The molecule has 0 fully saturated rings. The zero-order chi connectivity index (χ0) is 24.8. The zero-order valence-electron chi connectivity index (χ0n) is 20.9. The van der Waals surface area contributed by atoms with Crippen LogP contribution in [0.3, 0.4) is 0 Å². The van der Waals surface area contributed by atoms with Crippen LogP contribution in [0.25, 0.3) is 11.1 Å². The summed E-state index contributed by atoms with van der Waals surface area (Å²) in [6.45, 7) is 5.64. The fraction of sp³-hybridized carbons (Fsp3) is 0.367. The summed E-state index contributed by atoms with van der Waals surface area (Å²) in [5.74, 6) is 0.661. The van der Waals surface area contributed by atoms with Crippen molar-refractivity contribution in [3.05, 3.63) is 89.5 Å². The third kappa shape index (κ3) is 7.28. The van der Waals surface area contributed by atoms with Gasteiger partial charge < -0.3 is 10.4 Å². The Bertz CT molecular complexity index is 1100.